The second kappa shape index (κ2) is 10.7. The van der Waals surface area contributed by atoms with Crippen LogP contribution in [0.3, 0.4) is 0 Å². The highest BCUT2D eigenvalue weighted by molar-refractivity contribution is 7.15. The highest BCUT2D eigenvalue weighted by Crippen LogP contribution is 2.42. The van der Waals surface area contributed by atoms with E-state index < -0.39 is 5.60 Å². The molecule has 1 saturated heterocycles. The molecule has 0 atom stereocenters. The molecule has 0 amide bonds. The number of hydrogen-bond acceptors (Lipinski definition) is 7. The van der Waals surface area contributed by atoms with Crippen molar-refractivity contribution in [2.75, 3.05) is 18.8 Å². The molecule has 218 valence electrons. The smallest absolute Gasteiger partial charge is 0.166 e. The van der Waals surface area contributed by atoms with E-state index in [1.165, 1.54) is 10.6 Å². The summed E-state index contributed by atoms with van der Waals surface area (Å²) in [5, 5.41) is 1.21. The number of piperidine rings is 1. The van der Waals surface area contributed by atoms with Crippen LogP contribution in [0.25, 0.3) is 10.4 Å². The van der Waals surface area contributed by atoms with Gasteiger partial charge in [0.25, 0.3) is 0 Å². The summed E-state index contributed by atoms with van der Waals surface area (Å²) >= 11 is 1.77. The predicted octanol–water partition coefficient (Wildman–Crippen LogP) is 8.07. The summed E-state index contributed by atoms with van der Waals surface area (Å²) in [7, 11) is 0. The van der Waals surface area contributed by atoms with Crippen LogP contribution in [0.1, 0.15) is 117 Å². The van der Waals surface area contributed by atoms with Crippen molar-refractivity contribution in [3.8, 4) is 16.2 Å². The van der Waals surface area contributed by atoms with Gasteiger partial charge in [-0.15, -0.1) is 11.3 Å². The zero-order valence-corrected chi connectivity index (χ0v) is 27.3. The number of pyridine rings is 2. The maximum absolute atomic E-state index is 6.71. The lowest BCUT2D eigenvalue weighted by molar-refractivity contribution is 0.102. The summed E-state index contributed by atoms with van der Waals surface area (Å²) in [6, 6.07) is 4.11. The molecule has 3 aromatic heterocycles. The van der Waals surface area contributed by atoms with Gasteiger partial charge in [-0.05, 0) is 83.7 Å². The average Bonchev–Trinajstić information content (AvgIpc) is 3.34. The van der Waals surface area contributed by atoms with E-state index in [0.717, 1.165) is 47.6 Å². The van der Waals surface area contributed by atoms with Gasteiger partial charge in [-0.2, -0.15) is 0 Å². The molecule has 1 fully saturated rings. The summed E-state index contributed by atoms with van der Waals surface area (Å²) in [6.07, 6.45) is 8.00. The van der Waals surface area contributed by atoms with Crippen molar-refractivity contribution >= 4 is 17.2 Å². The van der Waals surface area contributed by atoms with Gasteiger partial charge in [0.15, 0.2) is 11.6 Å². The lowest BCUT2D eigenvalue weighted by atomic mass is 9.73. The molecule has 4 heterocycles. The minimum absolute atomic E-state index is 0.0948. The summed E-state index contributed by atoms with van der Waals surface area (Å²) in [5.41, 5.74) is 10.2. The minimum atomic E-state index is -0.653. The quantitative estimate of drug-likeness (QED) is 0.338. The number of nitrogen functional groups attached to an aromatic ring is 1. The van der Waals surface area contributed by atoms with Crippen molar-refractivity contribution in [2.24, 2.45) is 0 Å². The van der Waals surface area contributed by atoms with E-state index in [-0.39, 0.29) is 16.4 Å². The van der Waals surface area contributed by atoms with Gasteiger partial charge in [0.2, 0.25) is 0 Å². The fourth-order valence-electron chi connectivity index (χ4n) is 5.70. The van der Waals surface area contributed by atoms with Gasteiger partial charge in [0, 0.05) is 52.3 Å². The van der Waals surface area contributed by atoms with Crippen molar-refractivity contribution in [1.82, 2.24) is 19.9 Å². The molecule has 0 bridgehead atoms. The third-order valence-corrected chi connectivity index (χ3v) is 9.12. The molecule has 3 aromatic rings. The molecule has 6 nitrogen and oxygen atoms in total. The number of rotatable bonds is 5. The van der Waals surface area contributed by atoms with Gasteiger partial charge in [-0.3, -0.25) is 9.88 Å². The Morgan fingerprint density at radius 3 is 2.10 bits per heavy atom. The number of thiazole rings is 1. The Labute approximate surface area is 245 Å². The number of nitrogens with two attached hydrogens (primary N) is 1. The van der Waals surface area contributed by atoms with Crippen molar-refractivity contribution < 1.29 is 4.74 Å². The Morgan fingerprint density at radius 1 is 0.875 bits per heavy atom. The zero-order valence-electron chi connectivity index (χ0n) is 26.5. The molecule has 0 spiro atoms. The van der Waals surface area contributed by atoms with Crippen LogP contribution in [0.15, 0.2) is 30.7 Å². The number of nitrogens with zero attached hydrogens (tertiary/aromatic N) is 4. The average molecular weight is 564 g/mol. The molecule has 0 aromatic carbocycles. The topological polar surface area (TPSA) is 77.2 Å². The monoisotopic (exact) mass is 563 g/mol. The molecule has 40 heavy (non-hydrogen) atoms. The maximum Gasteiger partial charge on any atom is 0.166 e. The van der Waals surface area contributed by atoms with Gasteiger partial charge >= 0.3 is 0 Å². The second-order valence-corrected chi connectivity index (χ2v) is 15.9. The van der Waals surface area contributed by atoms with E-state index in [2.05, 4.69) is 92.1 Å². The van der Waals surface area contributed by atoms with Crippen molar-refractivity contribution in [3.63, 3.8) is 0 Å². The number of hydrogen-bond donors (Lipinski definition) is 1. The van der Waals surface area contributed by atoms with E-state index in [1.54, 1.807) is 11.3 Å². The Balaban J connectivity index is 1.61. The fourth-order valence-corrected chi connectivity index (χ4v) is 6.77. The lowest BCUT2D eigenvalue weighted by Gasteiger charge is -2.40. The van der Waals surface area contributed by atoms with E-state index in [1.807, 2.05) is 24.7 Å². The molecule has 0 unspecified atom stereocenters. The Kier molecular flexibility index (Phi) is 8.16. The third kappa shape index (κ3) is 6.52. The van der Waals surface area contributed by atoms with Crippen LogP contribution in [0.2, 0.25) is 0 Å². The molecule has 7 heteroatoms. The normalized spacial score (nSPS) is 16.4. The number of anilines is 1. The van der Waals surface area contributed by atoms with Crippen LogP contribution in [0, 0.1) is 0 Å². The van der Waals surface area contributed by atoms with E-state index >= 15 is 0 Å². The molecule has 1 aliphatic heterocycles. The molecule has 2 N–H and O–H groups in total. The Morgan fingerprint density at radius 2 is 1.52 bits per heavy atom. The molecular weight excluding hydrogens is 514 g/mol. The van der Waals surface area contributed by atoms with Crippen molar-refractivity contribution in [2.45, 2.75) is 117 Å². The SMILES string of the molecule is CC(C)(C)c1nccc(C(C)(C)Oc2cc(-c3cnc(C4CCN(C(C)(C)C)CC4)s3)cnc2N)c1C(C)(C)C. The second-order valence-electron chi connectivity index (χ2n) is 14.8. The first kappa shape index (κ1) is 30.4. The van der Waals surface area contributed by atoms with Gasteiger partial charge in [0.1, 0.15) is 5.60 Å². The van der Waals surface area contributed by atoms with E-state index in [9.17, 15) is 0 Å². The van der Waals surface area contributed by atoms with Crippen LogP contribution >= 0.6 is 11.3 Å². The van der Waals surface area contributed by atoms with Crippen LogP contribution < -0.4 is 10.5 Å². The van der Waals surface area contributed by atoms with Crippen LogP contribution in [-0.4, -0.2) is 38.5 Å². The fraction of sp³-hybridized carbons (Fsp3) is 0.606. The number of ether oxygens (including phenoxy) is 1. The zero-order chi connectivity index (χ0) is 29.7. The first-order valence-electron chi connectivity index (χ1n) is 14.5. The highest BCUT2D eigenvalue weighted by Gasteiger charge is 2.36. The summed E-state index contributed by atoms with van der Waals surface area (Å²) < 4.78 is 6.71. The lowest BCUT2D eigenvalue weighted by Crippen LogP contribution is -2.45. The third-order valence-electron chi connectivity index (χ3n) is 7.91. The van der Waals surface area contributed by atoms with Crippen LogP contribution in [0.4, 0.5) is 5.82 Å². The predicted molar refractivity (Wildman–Crippen MR) is 168 cm³/mol. The number of aromatic nitrogens is 3. The van der Waals surface area contributed by atoms with Gasteiger partial charge < -0.3 is 10.5 Å². The highest BCUT2D eigenvalue weighted by atomic mass is 32.1. The Hall–Kier alpha value is -2.51. The maximum atomic E-state index is 6.71. The summed E-state index contributed by atoms with van der Waals surface area (Å²) in [5.74, 6) is 1.48. The molecule has 0 aliphatic carbocycles. The number of likely N-dealkylation sites (tertiary alicyclic amines) is 1. The molecule has 0 radical (unpaired) electrons. The van der Waals surface area contributed by atoms with Gasteiger partial charge in [-0.1, -0.05) is 41.5 Å². The van der Waals surface area contributed by atoms with Crippen LogP contribution in [0.5, 0.6) is 5.75 Å². The van der Waals surface area contributed by atoms with Gasteiger partial charge in [0.05, 0.1) is 9.88 Å². The summed E-state index contributed by atoms with van der Waals surface area (Å²) in [4.78, 5) is 17.9. The Bertz CT molecular complexity index is 1330. The molecule has 4 rings (SSSR count). The molecule has 0 saturated carbocycles. The first-order valence-corrected chi connectivity index (χ1v) is 15.4. The molecular formula is C33H49N5OS. The largest absolute Gasteiger partial charge is 0.479 e. The first-order chi connectivity index (χ1) is 18.4. The van der Waals surface area contributed by atoms with E-state index in [0.29, 0.717) is 17.5 Å². The molecule has 1 aliphatic rings. The van der Waals surface area contributed by atoms with Crippen molar-refractivity contribution in [1.29, 1.82) is 0 Å². The minimum Gasteiger partial charge on any atom is -0.479 e. The van der Waals surface area contributed by atoms with E-state index in [4.69, 9.17) is 20.4 Å². The van der Waals surface area contributed by atoms with Crippen molar-refractivity contribution in [3.05, 3.63) is 52.6 Å². The standard InChI is InChI=1S/C33H49N5OS/c1-30(2,3)26-23(12-15-35-27(26)31(4,5)6)33(10,11)39-24-18-22(19-36-28(24)34)25-20-37-29(40-25)21-13-16-38(17-14-21)32(7,8)9/h12,15,18-21H,13-14,16-17H2,1-11H3,(H2,34,36). The van der Waals surface area contributed by atoms with Gasteiger partial charge in [-0.25, -0.2) is 9.97 Å². The van der Waals surface area contributed by atoms with Crippen LogP contribution in [-0.2, 0) is 16.4 Å². The summed E-state index contributed by atoms with van der Waals surface area (Å²) in [6.45, 7) is 26.7.